The van der Waals surface area contributed by atoms with Crippen molar-refractivity contribution in [3.8, 4) is 22.6 Å². The second-order valence-corrected chi connectivity index (χ2v) is 8.74. The average molecular weight is 423 g/mol. The third-order valence-corrected chi connectivity index (χ3v) is 6.14. The van der Waals surface area contributed by atoms with E-state index in [-0.39, 0.29) is 17.6 Å². The molecular formula is C23H30N6O2. The van der Waals surface area contributed by atoms with Crippen LogP contribution in [0.25, 0.3) is 22.6 Å². The lowest BCUT2D eigenvalue weighted by Gasteiger charge is -2.38. The molecule has 8 nitrogen and oxygen atoms in total. The molecule has 1 N–H and O–H groups in total. The van der Waals surface area contributed by atoms with E-state index in [2.05, 4.69) is 36.0 Å². The average Bonchev–Trinajstić information content (AvgIpc) is 3.43. The molecule has 3 heterocycles. The van der Waals surface area contributed by atoms with Gasteiger partial charge in [0.15, 0.2) is 5.82 Å². The zero-order chi connectivity index (χ0) is 22.2. The summed E-state index contributed by atoms with van der Waals surface area (Å²) in [5.41, 5.74) is 2.93. The van der Waals surface area contributed by atoms with Crippen LogP contribution in [0.4, 0.5) is 0 Å². The maximum absolute atomic E-state index is 13.5. The molecule has 1 aromatic carbocycles. The maximum Gasteiger partial charge on any atom is 0.254 e. The first-order chi connectivity index (χ1) is 14.8. The Morgan fingerprint density at radius 1 is 1.19 bits per heavy atom. The number of nitrogens with zero attached hydrogens (tertiary/aromatic N) is 5. The molecule has 0 spiro atoms. The normalized spacial score (nSPS) is 16.1. The topological polar surface area (TPSA) is 88.9 Å². The summed E-state index contributed by atoms with van der Waals surface area (Å²) < 4.78 is 7.53. The molecule has 1 saturated heterocycles. The number of amides is 1. The van der Waals surface area contributed by atoms with E-state index in [0.717, 1.165) is 35.5 Å². The van der Waals surface area contributed by atoms with Gasteiger partial charge in [0.1, 0.15) is 5.82 Å². The van der Waals surface area contributed by atoms with Gasteiger partial charge >= 0.3 is 0 Å². The van der Waals surface area contributed by atoms with Crippen molar-refractivity contribution >= 4 is 5.91 Å². The molecule has 0 atom stereocenters. The number of nitrogens with one attached hydrogen (secondary N) is 1. The molecule has 4 rings (SSSR count). The molecule has 0 bridgehead atoms. The van der Waals surface area contributed by atoms with E-state index in [0.29, 0.717) is 24.5 Å². The zero-order valence-corrected chi connectivity index (χ0v) is 18.8. The fourth-order valence-electron chi connectivity index (χ4n) is 3.89. The SMILES string of the molecule is COC1(C)CCN(C(=O)c2ccc(-c3nnc(C)[nH]3)cc2-c2ccn(C(C)C)n2)CC1. The molecule has 0 saturated carbocycles. The van der Waals surface area contributed by atoms with Crippen LogP contribution in [0.15, 0.2) is 30.5 Å². The molecule has 1 amide bonds. The zero-order valence-electron chi connectivity index (χ0n) is 18.8. The Labute approximate surface area is 182 Å². The van der Waals surface area contributed by atoms with E-state index < -0.39 is 0 Å². The third kappa shape index (κ3) is 4.25. The van der Waals surface area contributed by atoms with Crippen LogP contribution in [0, 0.1) is 6.92 Å². The summed E-state index contributed by atoms with van der Waals surface area (Å²) in [5, 5.41) is 13.0. The van der Waals surface area contributed by atoms with Gasteiger partial charge in [-0.3, -0.25) is 9.48 Å². The van der Waals surface area contributed by atoms with E-state index in [4.69, 9.17) is 9.84 Å². The molecule has 31 heavy (non-hydrogen) atoms. The monoisotopic (exact) mass is 422 g/mol. The number of ether oxygens (including phenoxy) is 1. The number of hydrogen-bond donors (Lipinski definition) is 1. The van der Waals surface area contributed by atoms with Gasteiger partial charge in [-0.25, -0.2) is 0 Å². The van der Waals surface area contributed by atoms with Crippen LogP contribution >= 0.6 is 0 Å². The van der Waals surface area contributed by atoms with E-state index >= 15 is 0 Å². The Balaban J connectivity index is 1.71. The van der Waals surface area contributed by atoms with Gasteiger partial charge in [-0.1, -0.05) is 6.07 Å². The van der Waals surface area contributed by atoms with Crippen LogP contribution in [0.2, 0.25) is 0 Å². The van der Waals surface area contributed by atoms with Gasteiger partial charge in [0.05, 0.1) is 11.3 Å². The molecule has 0 aliphatic carbocycles. The summed E-state index contributed by atoms with van der Waals surface area (Å²) in [4.78, 5) is 18.6. The summed E-state index contributed by atoms with van der Waals surface area (Å²) in [6.45, 7) is 9.48. The number of rotatable bonds is 5. The molecule has 164 valence electrons. The molecular weight excluding hydrogens is 392 g/mol. The number of likely N-dealkylation sites (tertiary alicyclic amines) is 1. The van der Waals surface area contributed by atoms with E-state index in [1.165, 1.54) is 0 Å². The van der Waals surface area contributed by atoms with Crippen LogP contribution < -0.4 is 0 Å². The van der Waals surface area contributed by atoms with Crippen LogP contribution in [0.5, 0.6) is 0 Å². The molecule has 1 aliphatic heterocycles. The summed E-state index contributed by atoms with van der Waals surface area (Å²) in [6.07, 6.45) is 3.59. The Morgan fingerprint density at radius 2 is 1.94 bits per heavy atom. The quantitative estimate of drug-likeness (QED) is 0.674. The molecule has 0 unspecified atom stereocenters. The number of carbonyl (C=O) groups excluding carboxylic acids is 1. The molecule has 2 aromatic heterocycles. The summed E-state index contributed by atoms with van der Waals surface area (Å²) >= 11 is 0. The second kappa shape index (κ2) is 8.26. The van der Waals surface area contributed by atoms with E-state index in [9.17, 15) is 4.79 Å². The lowest BCUT2D eigenvalue weighted by atomic mass is 9.92. The first-order valence-electron chi connectivity index (χ1n) is 10.7. The van der Waals surface area contributed by atoms with E-state index in [1.54, 1.807) is 7.11 Å². The van der Waals surface area contributed by atoms with Gasteiger partial charge in [-0.05, 0) is 58.7 Å². The largest absolute Gasteiger partial charge is 0.378 e. The minimum atomic E-state index is -0.163. The fourth-order valence-corrected chi connectivity index (χ4v) is 3.89. The van der Waals surface area contributed by atoms with Crippen LogP contribution in [0.1, 0.15) is 55.8 Å². The van der Waals surface area contributed by atoms with Crippen molar-refractivity contribution in [3.63, 3.8) is 0 Å². The van der Waals surface area contributed by atoms with Crippen molar-refractivity contribution in [2.75, 3.05) is 20.2 Å². The Hall–Kier alpha value is -3.00. The number of piperidine rings is 1. The van der Waals surface area contributed by atoms with Crippen molar-refractivity contribution in [2.45, 2.75) is 52.2 Å². The van der Waals surface area contributed by atoms with Crippen molar-refractivity contribution in [3.05, 3.63) is 41.9 Å². The summed E-state index contributed by atoms with van der Waals surface area (Å²) in [5.74, 6) is 1.44. The van der Waals surface area contributed by atoms with Gasteiger partial charge in [0.25, 0.3) is 5.91 Å². The Kier molecular flexibility index (Phi) is 5.66. The molecule has 1 aliphatic rings. The van der Waals surface area contributed by atoms with Crippen molar-refractivity contribution in [2.24, 2.45) is 0 Å². The first kappa shape index (κ1) is 21.2. The highest BCUT2D eigenvalue weighted by molar-refractivity contribution is 6.01. The van der Waals surface area contributed by atoms with Crippen molar-refractivity contribution in [1.82, 2.24) is 29.9 Å². The van der Waals surface area contributed by atoms with E-state index in [1.807, 2.05) is 47.0 Å². The Morgan fingerprint density at radius 3 is 2.52 bits per heavy atom. The van der Waals surface area contributed by atoms with Crippen molar-refractivity contribution in [1.29, 1.82) is 0 Å². The van der Waals surface area contributed by atoms with Gasteiger partial charge in [0.2, 0.25) is 0 Å². The smallest absolute Gasteiger partial charge is 0.254 e. The molecule has 3 aromatic rings. The molecule has 0 radical (unpaired) electrons. The molecule has 1 fully saturated rings. The van der Waals surface area contributed by atoms with Crippen molar-refractivity contribution < 1.29 is 9.53 Å². The number of aryl methyl sites for hydroxylation is 1. The number of methoxy groups -OCH3 is 1. The maximum atomic E-state index is 13.5. The predicted molar refractivity (Wildman–Crippen MR) is 119 cm³/mol. The minimum absolute atomic E-state index is 0.0209. The van der Waals surface area contributed by atoms with Gasteiger partial charge in [-0.15, -0.1) is 10.2 Å². The highest BCUT2D eigenvalue weighted by atomic mass is 16.5. The highest BCUT2D eigenvalue weighted by Gasteiger charge is 2.33. The van der Waals surface area contributed by atoms with Crippen LogP contribution in [-0.4, -0.2) is 61.6 Å². The number of H-pyrrole nitrogens is 1. The number of hydrogen-bond acceptors (Lipinski definition) is 5. The first-order valence-corrected chi connectivity index (χ1v) is 10.7. The number of carbonyl (C=O) groups is 1. The standard InChI is InChI=1S/C23H30N6O2/c1-15(2)29-11-8-20(27-29)19-14-17(21-24-16(3)25-26-21)6-7-18(19)22(30)28-12-9-23(4,31-5)10-13-28/h6-8,11,14-15H,9-10,12-13H2,1-5H3,(H,24,25,26). The highest BCUT2D eigenvalue weighted by Crippen LogP contribution is 2.31. The lowest BCUT2D eigenvalue weighted by Crippen LogP contribution is -2.46. The summed E-state index contributed by atoms with van der Waals surface area (Å²) in [6, 6.07) is 7.97. The Bertz CT molecular complexity index is 1080. The van der Waals surface area contributed by atoms with Crippen LogP contribution in [-0.2, 0) is 4.74 Å². The van der Waals surface area contributed by atoms with Gasteiger partial charge < -0.3 is 14.6 Å². The third-order valence-electron chi connectivity index (χ3n) is 6.14. The lowest BCUT2D eigenvalue weighted by molar-refractivity contribution is -0.0379. The minimum Gasteiger partial charge on any atom is -0.378 e. The number of benzene rings is 1. The van der Waals surface area contributed by atoms with Gasteiger partial charge in [-0.2, -0.15) is 5.10 Å². The predicted octanol–water partition coefficient (Wildman–Crippen LogP) is 3.87. The number of aromatic amines is 1. The fraction of sp³-hybridized carbons (Fsp3) is 0.478. The second-order valence-electron chi connectivity index (χ2n) is 8.74. The summed E-state index contributed by atoms with van der Waals surface area (Å²) in [7, 11) is 1.74. The van der Waals surface area contributed by atoms with Crippen LogP contribution in [0.3, 0.4) is 0 Å². The number of aromatic nitrogens is 5. The van der Waals surface area contributed by atoms with Gasteiger partial charge in [0, 0.05) is 49.1 Å². The molecule has 8 heteroatoms.